The first-order valence-electron chi connectivity index (χ1n) is 9.05. The molecular weight excluding hydrogens is 315 g/mol. The predicted molar refractivity (Wildman–Crippen MR) is 97.6 cm³/mol. The molecule has 0 unspecified atom stereocenters. The largest absolute Gasteiger partial charge is 0.427 e. The molecule has 0 amide bonds. The summed E-state index contributed by atoms with van der Waals surface area (Å²) in [5, 5.41) is 0. The minimum Gasteiger partial charge on any atom is -0.427 e. The second-order valence-electron chi connectivity index (χ2n) is 5.70. The second kappa shape index (κ2) is 16.2. The standard InChI is InChI=1S/C16H37O4PSi/c1-4-19-21(17,20-5-2)15-13-11-9-7-6-8-10-12-14-16-22-18-3/h4-16,22H2,1-3H3. The Morgan fingerprint density at radius 2 is 1.23 bits per heavy atom. The maximum absolute atomic E-state index is 12.2. The summed E-state index contributed by atoms with van der Waals surface area (Å²) < 4.78 is 28.0. The molecule has 0 aromatic carbocycles. The summed E-state index contributed by atoms with van der Waals surface area (Å²) >= 11 is 0. The molecule has 0 aliphatic carbocycles. The third-order valence-electron chi connectivity index (χ3n) is 3.68. The van der Waals surface area contributed by atoms with E-state index in [-0.39, 0.29) is 9.76 Å². The van der Waals surface area contributed by atoms with Gasteiger partial charge in [-0.15, -0.1) is 0 Å². The maximum atomic E-state index is 12.2. The van der Waals surface area contributed by atoms with Crippen molar-refractivity contribution in [3.8, 4) is 0 Å². The maximum Gasteiger partial charge on any atom is 0.330 e. The molecule has 0 N–H and O–H groups in total. The zero-order valence-corrected chi connectivity index (χ0v) is 17.3. The Morgan fingerprint density at radius 3 is 1.68 bits per heavy atom. The smallest absolute Gasteiger partial charge is 0.330 e. The first-order valence-corrected chi connectivity index (χ1v) is 12.4. The van der Waals surface area contributed by atoms with Crippen molar-refractivity contribution in [2.45, 2.75) is 77.7 Å². The summed E-state index contributed by atoms with van der Waals surface area (Å²) in [6.07, 6.45) is 11.9. The average molecular weight is 353 g/mol. The van der Waals surface area contributed by atoms with Crippen LogP contribution >= 0.6 is 7.60 Å². The lowest BCUT2D eigenvalue weighted by atomic mass is 10.1. The van der Waals surface area contributed by atoms with E-state index in [1.165, 1.54) is 51.0 Å². The number of hydrogen-bond acceptors (Lipinski definition) is 4. The quantitative estimate of drug-likeness (QED) is 0.212. The van der Waals surface area contributed by atoms with Gasteiger partial charge in [0.1, 0.15) is 0 Å². The van der Waals surface area contributed by atoms with E-state index in [0.29, 0.717) is 19.4 Å². The van der Waals surface area contributed by atoms with Crippen molar-refractivity contribution in [2.24, 2.45) is 0 Å². The molecule has 0 atom stereocenters. The normalized spacial score (nSPS) is 12.5. The van der Waals surface area contributed by atoms with E-state index < -0.39 is 7.60 Å². The Bertz CT molecular complexity index is 267. The lowest BCUT2D eigenvalue weighted by molar-refractivity contribution is 0.219. The zero-order chi connectivity index (χ0) is 16.5. The van der Waals surface area contributed by atoms with Gasteiger partial charge in [0, 0.05) is 7.11 Å². The Morgan fingerprint density at radius 1 is 0.773 bits per heavy atom. The zero-order valence-electron chi connectivity index (χ0n) is 15.0. The highest BCUT2D eigenvalue weighted by Gasteiger charge is 2.22. The molecule has 22 heavy (non-hydrogen) atoms. The summed E-state index contributed by atoms with van der Waals surface area (Å²) in [5.41, 5.74) is 0. The van der Waals surface area contributed by atoms with Crippen molar-refractivity contribution < 1.29 is 18.0 Å². The number of hydrogen-bond donors (Lipinski definition) is 0. The van der Waals surface area contributed by atoms with Gasteiger partial charge in [0.2, 0.25) is 0 Å². The predicted octanol–water partition coefficient (Wildman–Crippen LogP) is 4.91. The van der Waals surface area contributed by atoms with Crippen LogP contribution in [0.15, 0.2) is 0 Å². The van der Waals surface area contributed by atoms with E-state index in [4.69, 9.17) is 13.5 Å². The van der Waals surface area contributed by atoms with Crippen LogP contribution in [0, 0.1) is 0 Å². The van der Waals surface area contributed by atoms with Crippen molar-refractivity contribution in [3.05, 3.63) is 0 Å². The highest BCUT2D eigenvalue weighted by atomic mass is 31.2. The molecule has 0 rings (SSSR count). The van der Waals surface area contributed by atoms with Crippen LogP contribution < -0.4 is 0 Å². The fourth-order valence-electron chi connectivity index (χ4n) is 2.53. The van der Waals surface area contributed by atoms with Gasteiger partial charge in [-0.25, -0.2) is 0 Å². The number of rotatable bonds is 17. The van der Waals surface area contributed by atoms with Gasteiger partial charge in [0.15, 0.2) is 9.76 Å². The van der Waals surface area contributed by atoms with Crippen LogP contribution in [0.2, 0.25) is 6.04 Å². The van der Waals surface area contributed by atoms with Crippen LogP contribution in [0.5, 0.6) is 0 Å². The van der Waals surface area contributed by atoms with Gasteiger partial charge in [-0.05, 0) is 26.3 Å². The van der Waals surface area contributed by atoms with Gasteiger partial charge in [-0.1, -0.05) is 51.4 Å². The van der Waals surface area contributed by atoms with Crippen molar-refractivity contribution in [2.75, 3.05) is 26.5 Å². The molecule has 0 aromatic heterocycles. The molecule has 134 valence electrons. The molecule has 0 spiro atoms. The summed E-state index contributed by atoms with van der Waals surface area (Å²) in [5.74, 6) is 0. The molecule has 0 saturated carbocycles. The lowest BCUT2D eigenvalue weighted by Crippen LogP contribution is -2.00. The molecule has 0 heterocycles. The molecule has 4 nitrogen and oxygen atoms in total. The summed E-state index contributed by atoms with van der Waals surface area (Å²) in [6.45, 7) is 4.65. The van der Waals surface area contributed by atoms with Crippen molar-refractivity contribution in [1.29, 1.82) is 0 Å². The van der Waals surface area contributed by atoms with Crippen LogP contribution in [0.3, 0.4) is 0 Å². The van der Waals surface area contributed by atoms with Gasteiger partial charge in [-0.2, -0.15) is 0 Å². The lowest BCUT2D eigenvalue weighted by Gasteiger charge is -2.16. The molecule has 0 fully saturated rings. The van der Waals surface area contributed by atoms with E-state index in [0.717, 1.165) is 12.8 Å². The fraction of sp³-hybridized carbons (Fsp3) is 1.00. The van der Waals surface area contributed by atoms with Crippen LogP contribution in [0.4, 0.5) is 0 Å². The van der Waals surface area contributed by atoms with E-state index in [2.05, 4.69) is 0 Å². The monoisotopic (exact) mass is 352 g/mol. The SMILES string of the molecule is CCOP(=O)(CCCCCCCCCCC[SiH2]OC)OCC. The minimum atomic E-state index is -2.81. The van der Waals surface area contributed by atoms with Crippen molar-refractivity contribution >= 4 is 17.4 Å². The van der Waals surface area contributed by atoms with Gasteiger partial charge in [0.05, 0.1) is 19.4 Å². The minimum absolute atomic E-state index is 0.195. The van der Waals surface area contributed by atoms with Gasteiger partial charge in [-0.3, -0.25) is 4.57 Å². The molecule has 0 aromatic rings. The van der Waals surface area contributed by atoms with Gasteiger partial charge >= 0.3 is 7.60 Å². The van der Waals surface area contributed by atoms with E-state index in [9.17, 15) is 4.57 Å². The van der Waals surface area contributed by atoms with E-state index in [1.807, 2.05) is 21.0 Å². The Labute approximate surface area is 140 Å². The van der Waals surface area contributed by atoms with Crippen LogP contribution in [0.1, 0.15) is 71.6 Å². The molecule has 0 bridgehead atoms. The molecule has 0 radical (unpaired) electrons. The van der Waals surface area contributed by atoms with Crippen LogP contribution in [-0.2, 0) is 18.0 Å². The molecule has 0 saturated heterocycles. The molecule has 0 aliphatic heterocycles. The van der Waals surface area contributed by atoms with Gasteiger partial charge < -0.3 is 13.5 Å². The third kappa shape index (κ3) is 14.0. The summed E-state index contributed by atoms with van der Waals surface area (Å²) in [4.78, 5) is 0. The Hall–Kier alpha value is 0.327. The van der Waals surface area contributed by atoms with Crippen molar-refractivity contribution in [1.82, 2.24) is 0 Å². The Kier molecular flexibility index (Phi) is 16.4. The average Bonchev–Trinajstić information content (AvgIpc) is 2.49. The topological polar surface area (TPSA) is 44.8 Å². The first-order chi connectivity index (χ1) is 10.7. The second-order valence-corrected chi connectivity index (χ2v) is 9.58. The van der Waals surface area contributed by atoms with Gasteiger partial charge in [0.25, 0.3) is 0 Å². The first kappa shape index (κ1) is 22.3. The molecule has 0 aliphatic rings. The summed E-state index contributed by atoms with van der Waals surface area (Å²) in [6, 6.07) is 1.33. The Balaban J connectivity index is 3.36. The highest BCUT2D eigenvalue weighted by Crippen LogP contribution is 2.48. The van der Waals surface area contributed by atoms with Crippen LogP contribution in [-0.4, -0.2) is 36.2 Å². The third-order valence-corrected chi connectivity index (χ3v) is 7.05. The molecular formula is C16H37O4PSi. The molecule has 6 heteroatoms. The summed E-state index contributed by atoms with van der Waals surface area (Å²) in [7, 11) is -1.17. The van der Waals surface area contributed by atoms with Crippen molar-refractivity contribution in [3.63, 3.8) is 0 Å². The highest BCUT2D eigenvalue weighted by molar-refractivity contribution is 7.53. The van der Waals surface area contributed by atoms with E-state index >= 15 is 0 Å². The fourth-order valence-corrected chi connectivity index (χ4v) is 5.10. The van der Waals surface area contributed by atoms with Crippen LogP contribution in [0.25, 0.3) is 0 Å². The number of unbranched alkanes of at least 4 members (excludes halogenated alkanes) is 8. The van der Waals surface area contributed by atoms with E-state index in [1.54, 1.807) is 0 Å².